The van der Waals surface area contributed by atoms with Gasteiger partial charge in [0, 0.05) is 12.8 Å². The molecule has 510 valence electrons. The van der Waals surface area contributed by atoms with Gasteiger partial charge in [-0.2, -0.15) is 0 Å². The minimum Gasteiger partial charge on any atom is -0.466 e. The van der Waals surface area contributed by atoms with Gasteiger partial charge in [0.05, 0.1) is 25.4 Å². The Balaban J connectivity index is 3.32. The molecule has 0 aromatic rings. The van der Waals surface area contributed by atoms with Crippen LogP contribution in [0.1, 0.15) is 450 Å². The van der Waals surface area contributed by atoms with Gasteiger partial charge in [0.15, 0.2) is 0 Å². The molecular formula is C80H155NO5. The molecule has 6 nitrogen and oxygen atoms in total. The van der Waals surface area contributed by atoms with E-state index in [-0.39, 0.29) is 18.5 Å². The van der Waals surface area contributed by atoms with Crippen LogP contribution in [0.25, 0.3) is 0 Å². The van der Waals surface area contributed by atoms with Crippen molar-refractivity contribution in [1.82, 2.24) is 5.32 Å². The zero-order chi connectivity index (χ0) is 62.0. The number of rotatable bonds is 75. The largest absolute Gasteiger partial charge is 0.466 e. The molecule has 0 aliphatic carbocycles. The first kappa shape index (κ1) is 84.3. The van der Waals surface area contributed by atoms with Gasteiger partial charge in [-0.1, -0.05) is 404 Å². The molecule has 0 fully saturated rings. The van der Waals surface area contributed by atoms with Crippen LogP contribution in [-0.4, -0.2) is 47.4 Å². The van der Waals surface area contributed by atoms with E-state index in [1.807, 2.05) is 6.08 Å². The van der Waals surface area contributed by atoms with Gasteiger partial charge in [0.1, 0.15) is 0 Å². The third-order valence-electron chi connectivity index (χ3n) is 18.7. The van der Waals surface area contributed by atoms with Crippen LogP contribution < -0.4 is 5.32 Å². The molecule has 0 aliphatic rings. The van der Waals surface area contributed by atoms with E-state index in [1.54, 1.807) is 6.08 Å². The van der Waals surface area contributed by atoms with Crippen LogP contribution in [0.5, 0.6) is 0 Å². The lowest BCUT2D eigenvalue weighted by Gasteiger charge is -2.20. The van der Waals surface area contributed by atoms with Crippen molar-refractivity contribution in [2.24, 2.45) is 0 Å². The quantitative estimate of drug-likeness (QED) is 0.0320. The molecule has 86 heavy (non-hydrogen) atoms. The van der Waals surface area contributed by atoms with E-state index >= 15 is 0 Å². The van der Waals surface area contributed by atoms with Crippen LogP contribution in [0.15, 0.2) is 24.3 Å². The third-order valence-corrected chi connectivity index (χ3v) is 18.7. The van der Waals surface area contributed by atoms with E-state index < -0.39 is 12.1 Å². The number of carbonyl (C=O) groups is 2. The average molecular weight is 1210 g/mol. The lowest BCUT2D eigenvalue weighted by Crippen LogP contribution is -2.45. The fourth-order valence-electron chi connectivity index (χ4n) is 12.7. The van der Waals surface area contributed by atoms with Gasteiger partial charge in [-0.25, -0.2) is 0 Å². The monoisotopic (exact) mass is 1210 g/mol. The van der Waals surface area contributed by atoms with Crippen LogP contribution in [-0.2, 0) is 14.3 Å². The number of amides is 1. The van der Waals surface area contributed by atoms with Crippen molar-refractivity contribution in [3.8, 4) is 0 Å². The van der Waals surface area contributed by atoms with E-state index in [4.69, 9.17) is 4.74 Å². The SMILES string of the molecule is CCCCCCCCCCCCCCCC/C=C/C(O)C(CO)NC(=O)CCCCCCCCCCCCCCCCCCC/C=C\CCCCCCCCCCCCCCCCCCCCOC(=O)CCCCCCCCCCCCCCCC. The Hall–Kier alpha value is -1.66. The van der Waals surface area contributed by atoms with Gasteiger partial charge in [-0.3, -0.25) is 9.59 Å². The summed E-state index contributed by atoms with van der Waals surface area (Å²) in [6, 6.07) is -0.624. The molecule has 3 N–H and O–H groups in total. The maximum atomic E-state index is 12.5. The minimum absolute atomic E-state index is 0.0254. The summed E-state index contributed by atoms with van der Waals surface area (Å²) in [7, 11) is 0. The van der Waals surface area contributed by atoms with Gasteiger partial charge >= 0.3 is 5.97 Å². The molecule has 0 bridgehead atoms. The Kier molecular flexibility index (Phi) is 74.3. The molecule has 2 unspecified atom stereocenters. The molecule has 0 heterocycles. The summed E-state index contributed by atoms with van der Waals surface area (Å²) in [6.07, 6.45) is 97.4. The van der Waals surface area contributed by atoms with Crippen molar-refractivity contribution in [3.05, 3.63) is 24.3 Å². The first-order chi connectivity index (χ1) is 42.5. The van der Waals surface area contributed by atoms with Crippen LogP contribution in [0, 0.1) is 0 Å². The molecule has 0 saturated carbocycles. The molecule has 0 radical (unpaired) electrons. The minimum atomic E-state index is -0.841. The molecule has 0 spiro atoms. The van der Waals surface area contributed by atoms with Crippen LogP contribution in [0.4, 0.5) is 0 Å². The molecule has 1 amide bonds. The molecule has 6 heteroatoms. The molecule has 0 aromatic heterocycles. The number of allylic oxidation sites excluding steroid dienone is 3. The summed E-state index contributed by atoms with van der Waals surface area (Å²) in [6.45, 7) is 4.95. The second-order valence-electron chi connectivity index (χ2n) is 27.4. The maximum Gasteiger partial charge on any atom is 0.305 e. The Morgan fingerprint density at radius 3 is 0.826 bits per heavy atom. The van der Waals surface area contributed by atoms with Crippen molar-refractivity contribution in [1.29, 1.82) is 0 Å². The van der Waals surface area contributed by atoms with E-state index in [2.05, 4.69) is 31.3 Å². The number of nitrogens with one attached hydrogen (secondary N) is 1. The van der Waals surface area contributed by atoms with Crippen molar-refractivity contribution >= 4 is 11.9 Å². The van der Waals surface area contributed by atoms with Crippen LogP contribution in [0.2, 0.25) is 0 Å². The number of unbranched alkanes of at least 4 members (excludes halogenated alkanes) is 62. The highest BCUT2D eigenvalue weighted by Crippen LogP contribution is 2.20. The van der Waals surface area contributed by atoms with Gasteiger partial charge < -0.3 is 20.3 Å². The molecule has 0 saturated heterocycles. The zero-order valence-electron chi connectivity index (χ0n) is 58.6. The van der Waals surface area contributed by atoms with Gasteiger partial charge in [0.25, 0.3) is 0 Å². The predicted molar refractivity (Wildman–Crippen MR) is 380 cm³/mol. The molecule has 2 atom stereocenters. The first-order valence-corrected chi connectivity index (χ1v) is 39.6. The van der Waals surface area contributed by atoms with Gasteiger partial charge in [-0.15, -0.1) is 0 Å². The van der Waals surface area contributed by atoms with Crippen LogP contribution in [0.3, 0.4) is 0 Å². The Labute approximate surface area is 539 Å². The number of aliphatic hydroxyl groups excluding tert-OH is 2. The summed E-state index contributed by atoms with van der Waals surface area (Å²) in [4.78, 5) is 24.6. The smallest absolute Gasteiger partial charge is 0.305 e. The normalized spacial score (nSPS) is 12.6. The van der Waals surface area contributed by atoms with Crippen molar-refractivity contribution in [3.63, 3.8) is 0 Å². The van der Waals surface area contributed by atoms with E-state index in [1.165, 1.54) is 385 Å². The van der Waals surface area contributed by atoms with Crippen LogP contribution >= 0.6 is 0 Å². The van der Waals surface area contributed by atoms with E-state index in [0.717, 1.165) is 38.5 Å². The standard InChI is InChI=1S/C80H155NO5/c1-3-5-7-9-11-13-15-17-19-45-48-52-56-60-64-68-72-78(83)77(76-82)81-79(84)73-69-65-61-57-53-49-46-43-41-39-37-35-33-31-29-27-25-23-21-20-22-24-26-28-30-32-34-36-38-40-42-44-47-51-55-59-63-67-71-75-86-80(85)74-70-66-62-58-54-50-18-16-14-12-10-8-6-4-2/h20-21,68,72,77-78,82-83H,3-19,22-67,69-71,73-76H2,1-2H3,(H,81,84)/b21-20-,72-68+. The van der Waals surface area contributed by atoms with E-state index in [0.29, 0.717) is 19.4 Å². The number of aliphatic hydroxyl groups is 2. The number of carbonyl (C=O) groups excluding carboxylic acids is 2. The number of hydrogen-bond acceptors (Lipinski definition) is 5. The second kappa shape index (κ2) is 75.8. The Bertz CT molecular complexity index is 1350. The lowest BCUT2D eigenvalue weighted by atomic mass is 10.0. The highest BCUT2D eigenvalue weighted by Gasteiger charge is 2.18. The third kappa shape index (κ3) is 71.4. The molecular weight excluding hydrogens is 1050 g/mol. The number of ether oxygens (including phenoxy) is 1. The highest BCUT2D eigenvalue weighted by molar-refractivity contribution is 5.76. The second-order valence-corrected chi connectivity index (χ2v) is 27.4. The highest BCUT2D eigenvalue weighted by atomic mass is 16.5. The Morgan fingerprint density at radius 2 is 0.547 bits per heavy atom. The number of esters is 1. The summed E-state index contributed by atoms with van der Waals surface area (Å²) < 4.78 is 5.50. The van der Waals surface area contributed by atoms with E-state index in [9.17, 15) is 19.8 Å². The summed E-state index contributed by atoms with van der Waals surface area (Å²) in [5.74, 6) is -0.0348. The van der Waals surface area contributed by atoms with Crippen molar-refractivity contribution < 1.29 is 24.5 Å². The Morgan fingerprint density at radius 1 is 0.314 bits per heavy atom. The summed E-state index contributed by atoms with van der Waals surface area (Å²) in [5, 5.41) is 23.2. The maximum absolute atomic E-state index is 12.5. The zero-order valence-corrected chi connectivity index (χ0v) is 58.6. The predicted octanol–water partition coefficient (Wildman–Crippen LogP) is 26.0. The van der Waals surface area contributed by atoms with Crippen molar-refractivity contribution in [2.75, 3.05) is 13.2 Å². The topological polar surface area (TPSA) is 95.9 Å². The number of hydrogen-bond donors (Lipinski definition) is 3. The summed E-state index contributed by atoms with van der Waals surface area (Å²) in [5.41, 5.74) is 0. The fraction of sp³-hybridized carbons (Fsp3) is 0.925. The fourth-order valence-corrected chi connectivity index (χ4v) is 12.7. The average Bonchev–Trinajstić information content (AvgIpc) is 3.58. The van der Waals surface area contributed by atoms with Gasteiger partial charge in [0.2, 0.25) is 5.91 Å². The van der Waals surface area contributed by atoms with Gasteiger partial charge in [-0.05, 0) is 57.8 Å². The van der Waals surface area contributed by atoms with Crippen molar-refractivity contribution in [2.45, 2.75) is 463 Å². The lowest BCUT2D eigenvalue weighted by molar-refractivity contribution is -0.143. The molecule has 0 rings (SSSR count). The molecule has 0 aromatic carbocycles. The molecule has 0 aliphatic heterocycles. The summed E-state index contributed by atoms with van der Waals surface area (Å²) >= 11 is 0. The first-order valence-electron chi connectivity index (χ1n) is 39.6.